The van der Waals surface area contributed by atoms with Crippen LogP contribution in [0, 0.1) is 0 Å². The first-order valence-corrected chi connectivity index (χ1v) is 6.77. The van der Waals surface area contributed by atoms with E-state index in [1.807, 2.05) is 0 Å². The van der Waals surface area contributed by atoms with Gasteiger partial charge < -0.3 is 15.4 Å². The minimum absolute atomic E-state index is 0.320. The Bertz CT molecular complexity index is 307. The predicted octanol–water partition coefficient (Wildman–Crippen LogP) is 0.364. The van der Waals surface area contributed by atoms with Gasteiger partial charge in [0.25, 0.3) is 0 Å². The Balaban J connectivity index is 2.55. The van der Waals surface area contributed by atoms with Crippen LogP contribution in [0.4, 0.5) is 13.2 Å². The van der Waals surface area contributed by atoms with Crippen molar-refractivity contribution in [1.82, 2.24) is 15.5 Å². The smallest absolute Gasteiger partial charge is 0.369 e. The van der Waals surface area contributed by atoms with Gasteiger partial charge in [0, 0.05) is 39.3 Å². The fraction of sp³-hybridized carbons (Fsp3) is 0.917. The molecule has 0 aliphatic carbocycles. The van der Waals surface area contributed by atoms with Gasteiger partial charge >= 0.3 is 6.18 Å². The second-order valence-electron chi connectivity index (χ2n) is 4.69. The first-order valence-electron chi connectivity index (χ1n) is 6.77. The molecule has 5 nitrogen and oxygen atoms in total. The van der Waals surface area contributed by atoms with E-state index in [0.29, 0.717) is 32.8 Å². The molecule has 1 aliphatic rings. The highest BCUT2D eigenvalue weighted by molar-refractivity contribution is 5.80. The Hall–Kier alpha value is -0.860. The minimum Gasteiger partial charge on any atom is -0.369 e. The number of nitrogens with one attached hydrogen (secondary N) is 2. The van der Waals surface area contributed by atoms with Crippen LogP contribution in [0.5, 0.6) is 0 Å². The summed E-state index contributed by atoms with van der Waals surface area (Å²) in [6, 6.07) is -1.65. The lowest BCUT2D eigenvalue weighted by Crippen LogP contribution is -2.58. The van der Waals surface area contributed by atoms with Gasteiger partial charge in [-0.2, -0.15) is 13.2 Å². The highest BCUT2D eigenvalue weighted by Crippen LogP contribution is 2.24. The maximum atomic E-state index is 13.1. The molecule has 0 saturated carbocycles. The standard InChI is InChI=1S/C12H22F3N3O2/c1-3-20-9(2)11(19)17-8-10(12(13,14)15)18-6-4-16-5-7-18/h9-10,16H,3-8H2,1-2H3,(H,17,19). The Labute approximate surface area is 116 Å². The number of nitrogens with zero attached hydrogens (tertiary/aromatic N) is 1. The number of amides is 1. The molecule has 0 radical (unpaired) electrons. The van der Waals surface area contributed by atoms with E-state index in [2.05, 4.69) is 10.6 Å². The van der Waals surface area contributed by atoms with Gasteiger partial charge in [0.1, 0.15) is 12.1 Å². The van der Waals surface area contributed by atoms with Crippen molar-refractivity contribution in [3.8, 4) is 0 Å². The summed E-state index contributed by atoms with van der Waals surface area (Å²) in [4.78, 5) is 13.0. The van der Waals surface area contributed by atoms with Crippen molar-refractivity contribution in [3.05, 3.63) is 0 Å². The molecule has 8 heteroatoms. The zero-order valence-electron chi connectivity index (χ0n) is 11.8. The van der Waals surface area contributed by atoms with Crippen molar-refractivity contribution < 1.29 is 22.7 Å². The van der Waals surface area contributed by atoms with Crippen molar-refractivity contribution >= 4 is 5.91 Å². The summed E-state index contributed by atoms with van der Waals surface area (Å²) in [5, 5.41) is 5.33. The number of ether oxygens (including phenoxy) is 1. The zero-order valence-corrected chi connectivity index (χ0v) is 11.8. The molecular weight excluding hydrogens is 275 g/mol. The van der Waals surface area contributed by atoms with Crippen molar-refractivity contribution in [2.75, 3.05) is 39.3 Å². The number of carbonyl (C=O) groups excluding carboxylic acids is 1. The highest BCUT2D eigenvalue weighted by atomic mass is 19.4. The monoisotopic (exact) mass is 297 g/mol. The van der Waals surface area contributed by atoms with Crippen LogP contribution in [0.15, 0.2) is 0 Å². The first kappa shape index (κ1) is 17.2. The normalized spacial score (nSPS) is 20.4. The van der Waals surface area contributed by atoms with Crippen LogP contribution in [0.2, 0.25) is 0 Å². The second kappa shape index (κ2) is 7.80. The average molecular weight is 297 g/mol. The minimum atomic E-state index is -4.36. The van der Waals surface area contributed by atoms with E-state index < -0.39 is 30.8 Å². The lowest BCUT2D eigenvalue weighted by atomic mass is 10.2. The third-order valence-corrected chi connectivity index (χ3v) is 3.23. The van der Waals surface area contributed by atoms with Crippen molar-refractivity contribution in [1.29, 1.82) is 0 Å². The molecule has 0 aromatic heterocycles. The van der Waals surface area contributed by atoms with Gasteiger partial charge in [-0.15, -0.1) is 0 Å². The molecule has 2 N–H and O–H groups in total. The maximum absolute atomic E-state index is 13.1. The predicted molar refractivity (Wildman–Crippen MR) is 68.4 cm³/mol. The van der Waals surface area contributed by atoms with Gasteiger partial charge in [-0.25, -0.2) is 0 Å². The Kier molecular flexibility index (Phi) is 6.70. The number of piperazine rings is 1. The van der Waals surface area contributed by atoms with E-state index in [9.17, 15) is 18.0 Å². The molecule has 0 aromatic carbocycles. The third kappa shape index (κ3) is 5.26. The van der Waals surface area contributed by atoms with Crippen LogP contribution >= 0.6 is 0 Å². The molecule has 0 aromatic rings. The molecule has 2 atom stereocenters. The van der Waals surface area contributed by atoms with Crippen LogP contribution in [0.3, 0.4) is 0 Å². The molecule has 1 saturated heterocycles. The van der Waals surface area contributed by atoms with E-state index in [4.69, 9.17) is 4.74 Å². The third-order valence-electron chi connectivity index (χ3n) is 3.23. The van der Waals surface area contributed by atoms with Crippen LogP contribution in [-0.4, -0.2) is 68.5 Å². The Morgan fingerprint density at radius 3 is 2.50 bits per heavy atom. The van der Waals surface area contributed by atoms with Crippen LogP contribution in [0.25, 0.3) is 0 Å². The molecule has 0 bridgehead atoms. The van der Waals surface area contributed by atoms with E-state index in [1.165, 1.54) is 11.8 Å². The molecule has 118 valence electrons. The Morgan fingerprint density at radius 1 is 1.40 bits per heavy atom. The first-order chi connectivity index (χ1) is 9.36. The summed E-state index contributed by atoms with van der Waals surface area (Å²) < 4.78 is 44.2. The Morgan fingerprint density at radius 2 is 2.00 bits per heavy atom. The van der Waals surface area contributed by atoms with E-state index in [-0.39, 0.29) is 0 Å². The summed E-state index contributed by atoms with van der Waals surface area (Å²) >= 11 is 0. The van der Waals surface area contributed by atoms with Crippen LogP contribution < -0.4 is 10.6 Å². The SMILES string of the molecule is CCOC(C)C(=O)NCC(N1CCNCC1)C(F)(F)F. The summed E-state index contributed by atoms with van der Waals surface area (Å²) in [6.45, 7) is 4.83. The fourth-order valence-corrected chi connectivity index (χ4v) is 2.11. The summed E-state index contributed by atoms with van der Waals surface area (Å²) in [6.07, 6.45) is -5.10. The fourth-order valence-electron chi connectivity index (χ4n) is 2.11. The lowest BCUT2D eigenvalue weighted by molar-refractivity contribution is -0.184. The lowest BCUT2D eigenvalue weighted by Gasteiger charge is -2.36. The number of hydrogen-bond donors (Lipinski definition) is 2. The van der Waals surface area contributed by atoms with Gasteiger partial charge in [-0.1, -0.05) is 0 Å². The van der Waals surface area contributed by atoms with Gasteiger partial charge in [0.05, 0.1) is 0 Å². The molecule has 1 amide bonds. The van der Waals surface area contributed by atoms with Crippen molar-refractivity contribution in [3.63, 3.8) is 0 Å². The zero-order chi connectivity index (χ0) is 15.2. The van der Waals surface area contributed by atoms with Crippen LogP contribution in [-0.2, 0) is 9.53 Å². The van der Waals surface area contributed by atoms with Crippen molar-refractivity contribution in [2.24, 2.45) is 0 Å². The summed E-state index contributed by atoms with van der Waals surface area (Å²) in [5.74, 6) is -0.517. The number of carbonyl (C=O) groups is 1. The van der Waals surface area contributed by atoms with Gasteiger partial charge in [0.15, 0.2) is 0 Å². The number of hydrogen-bond acceptors (Lipinski definition) is 4. The quantitative estimate of drug-likeness (QED) is 0.743. The number of halogens is 3. The molecular formula is C12H22F3N3O2. The average Bonchev–Trinajstić information content (AvgIpc) is 2.38. The van der Waals surface area contributed by atoms with E-state index in [1.54, 1.807) is 6.92 Å². The number of alkyl halides is 3. The topological polar surface area (TPSA) is 53.6 Å². The van der Waals surface area contributed by atoms with Gasteiger partial charge in [0.2, 0.25) is 5.91 Å². The van der Waals surface area contributed by atoms with Gasteiger partial charge in [-0.05, 0) is 13.8 Å². The molecule has 20 heavy (non-hydrogen) atoms. The summed E-state index contributed by atoms with van der Waals surface area (Å²) in [7, 11) is 0. The van der Waals surface area contributed by atoms with E-state index >= 15 is 0 Å². The molecule has 1 aliphatic heterocycles. The van der Waals surface area contributed by atoms with E-state index in [0.717, 1.165) is 0 Å². The highest BCUT2D eigenvalue weighted by Gasteiger charge is 2.43. The maximum Gasteiger partial charge on any atom is 0.405 e. The largest absolute Gasteiger partial charge is 0.405 e. The van der Waals surface area contributed by atoms with Crippen molar-refractivity contribution in [2.45, 2.75) is 32.2 Å². The molecule has 2 unspecified atom stereocenters. The summed E-state index contributed by atoms with van der Waals surface area (Å²) in [5.41, 5.74) is 0. The van der Waals surface area contributed by atoms with Gasteiger partial charge in [-0.3, -0.25) is 9.69 Å². The second-order valence-corrected chi connectivity index (χ2v) is 4.69. The molecule has 1 fully saturated rings. The molecule has 0 spiro atoms. The molecule has 1 heterocycles. The number of rotatable bonds is 6. The van der Waals surface area contributed by atoms with Crippen LogP contribution in [0.1, 0.15) is 13.8 Å². The molecule has 1 rings (SSSR count).